The molecule has 3 amide bonds. The van der Waals surface area contributed by atoms with Gasteiger partial charge in [0.05, 0.1) is 11.4 Å². The van der Waals surface area contributed by atoms with Crippen molar-refractivity contribution in [1.29, 1.82) is 0 Å². The number of nitrogens with zero attached hydrogens (tertiary/aromatic N) is 1. The number of carbonyl (C=O) groups is 3. The van der Waals surface area contributed by atoms with E-state index >= 15 is 0 Å². The molecule has 0 radical (unpaired) electrons. The Kier molecular flexibility index (Phi) is 8.27. The molecule has 1 aliphatic heterocycles. The molecule has 2 aliphatic rings. The standard InChI is InChI=1S/C28H29F5N4O3/c1-15-6-5-9-19-21(15)36-26(40)24(35-22(19)17-7-3-2-4-8-17)37-25(39)18(10-11-28(31,32)33)20(23(34)38)12-16-13-27(29,30)14-16/h2-9,16,18,20,24H,10-14H2,1H3,(H2,34,38)(H,36,40)(H,37,39). The molecule has 1 aliphatic carbocycles. The lowest BCUT2D eigenvalue weighted by molar-refractivity contribution is -0.149. The van der Waals surface area contributed by atoms with Crippen LogP contribution in [-0.4, -0.2) is 41.7 Å². The normalized spacial score (nSPS) is 20.2. The third-order valence-electron chi connectivity index (χ3n) is 7.30. The van der Waals surface area contributed by atoms with Gasteiger partial charge in [-0.2, -0.15) is 13.2 Å². The topological polar surface area (TPSA) is 114 Å². The van der Waals surface area contributed by atoms with Crippen LogP contribution in [0.25, 0.3) is 0 Å². The van der Waals surface area contributed by atoms with Crippen molar-refractivity contribution in [2.75, 3.05) is 5.32 Å². The monoisotopic (exact) mass is 564 g/mol. The maximum absolute atomic E-state index is 13.4. The number of fused-ring (bicyclic) bond motifs is 1. The summed E-state index contributed by atoms with van der Waals surface area (Å²) in [7, 11) is 0. The van der Waals surface area contributed by atoms with Crippen LogP contribution in [0.15, 0.2) is 53.5 Å². The van der Waals surface area contributed by atoms with Crippen molar-refractivity contribution in [3.63, 3.8) is 0 Å². The molecule has 214 valence electrons. The van der Waals surface area contributed by atoms with Crippen molar-refractivity contribution in [2.45, 2.75) is 57.3 Å². The Morgan fingerprint density at radius 2 is 1.77 bits per heavy atom. The van der Waals surface area contributed by atoms with Gasteiger partial charge in [0.25, 0.3) is 5.91 Å². The van der Waals surface area contributed by atoms with E-state index < -0.39 is 79.4 Å². The fourth-order valence-corrected chi connectivity index (χ4v) is 5.27. The molecule has 2 aromatic carbocycles. The molecule has 3 atom stereocenters. The average Bonchev–Trinajstić information content (AvgIpc) is 2.99. The summed E-state index contributed by atoms with van der Waals surface area (Å²) in [4.78, 5) is 43.4. The maximum atomic E-state index is 13.4. The van der Waals surface area contributed by atoms with Crippen LogP contribution in [0.3, 0.4) is 0 Å². The fourth-order valence-electron chi connectivity index (χ4n) is 5.27. The minimum absolute atomic E-state index is 0.263. The van der Waals surface area contributed by atoms with Crippen LogP contribution in [0.5, 0.6) is 0 Å². The van der Waals surface area contributed by atoms with Gasteiger partial charge < -0.3 is 16.4 Å². The van der Waals surface area contributed by atoms with Gasteiger partial charge in [-0.05, 0) is 31.2 Å². The number of para-hydroxylation sites is 1. The summed E-state index contributed by atoms with van der Waals surface area (Å²) in [5.74, 6) is -9.49. The molecule has 7 nitrogen and oxygen atoms in total. The van der Waals surface area contributed by atoms with Crippen LogP contribution in [0.1, 0.15) is 48.8 Å². The Morgan fingerprint density at radius 3 is 2.38 bits per heavy atom. The summed E-state index contributed by atoms with van der Waals surface area (Å²) < 4.78 is 66.3. The lowest BCUT2D eigenvalue weighted by Gasteiger charge is -2.38. The van der Waals surface area contributed by atoms with Crippen LogP contribution in [0.4, 0.5) is 27.6 Å². The molecule has 4 N–H and O–H groups in total. The van der Waals surface area contributed by atoms with Crippen molar-refractivity contribution in [3.8, 4) is 0 Å². The van der Waals surface area contributed by atoms with Crippen LogP contribution < -0.4 is 16.4 Å². The van der Waals surface area contributed by atoms with Gasteiger partial charge in [-0.25, -0.2) is 13.8 Å². The van der Waals surface area contributed by atoms with E-state index in [1.807, 2.05) is 0 Å². The van der Waals surface area contributed by atoms with E-state index in [0.717, 1.165) is 5.56 Å². The highest BCUT2D eigenvalue weighted by Gasteiger charge is 2.48. The van der Waals surface area contributed by atoms with Crippen LogP contribution >= 0.6 is 0 Å². The van der Waals surface area contributed by atoms with E-state index in [1.54, 1.807) is 55.5 Å². The molecular formula is C28H29F5N4O3. The molecule has 40 heavy (non-hydrogen) atoms. The second-order valence-corrected chi connectivity index (χ2v) is 10.4. The number of amides is 3. The number of nitrogens with two attached hydrogens (primary N) is 1. The maximum Gasteiger partial charge on any atom is 0.389 e. The number of alkyl halides is 5. The molecule has 4 rings (SSSR count). The Balaban J connectivity index is 1.66. The van der Waals surface area contributed by atoms with E-state index in [-0.39, 0.29) is 6.42 Å². The van der Waals surface area contributed by atoms with Gasteiger partial charge in [-0.3, -0.25) is 14.4 Å². The number of primary amides is 1. The Morgan fingerprint density at radius 1 is 1.10 bits per heavy atom. The van der Waals surface area contributed by atoms with E-state index in [4.69, 9.17) is 5.73 Å². The zero-order valence-electron chi connectivity index (χ0n) is 21.6. The molecule has 1 heterocycles. The van der Waals surface area contributed by atoms with Crippen molar-refractivity contribution in [2.24, 2.45) is 28.5 Å². The number of halogens is 5. The third-order valence-corrected chi connectivity index (χ3v) is 7.30. The largest absolute Gasteiger partial charge is 0.389 e. The Labute approximate surface area is 227 Å². The summed E-state index contributed by atoms with van der Waals surface area (Å²) in [5.41, 5.74) is 8.21. The van der Waals surface area contributed by atoms with E-state index in [0.29, 0.717) is 22.5 Å². The summed E-state index contributed by atoms with van der Waals surface area (Å²) in [5, 5.41) is 5.13. The molecular weight excluding hydrogens is 535 g/mol. The minimum atomic E-state index is -4.65. The molecule has 12 heteroatoms. The number of nitrogens with one attached hydrogen (secondary N) is 2. The van der Waals surface area contributed by atoms with Gasteiger partial charge in [-0.15, -0.1) is 0 Å². The summed E-state index contributed by atoms with van der Waals surface area (Å²) in [6.07, 6.45) is -9.77. The molecule has 0 saturated heterocycles. The van der Waals surface area contributed by atoms with Gasteiger partial charge in [0.1, 0.15) is 0 Å². The van der Waals surface area contributed by atoms with Crippen molar-refractivity contribution >= 4 is 29.1 Å². The number of aliphatic imine (C=N–C) groups is 1. The zero-order chi connectivity index (χ0) is 29.2. The first-order valence-electron chi connectivity index (χ1n) is 12.8. The highest BCUT2D eigenvalue weighted by Crippen LogP contribution is 2.46. The summed E-state index contributed by atoms with van der Waals surface area (Å²) >= 11 is 0. The third kappa shape index (κ3) is 6.83. The summed E-state index contributed by atoms with van der Waals surface area (Å²) in [6, 6.07) is 14.1. The molecule has 1 fully saturated rings. The molecule has 0 aromatic heterocycles. The van der Waals surface area contributed by atoms with Gasteiger partial charge in [0.2, 0.25) is 23.9 Å². The number of carbonyl (C=O) groups excluding carboxylic acids is 3. The lowest BCUT2D eigenvalue weighted by atomic mass is 9.72. The van der Waals surface area contributed by atoms with Gasteiger partial charge in [0, 0.05) is 42.2 Å². The molecule has 2 aromatic rings. The van der Waals surface area contributed by atoms with Crippen LogP contribution in [0.2, 0.25) is 0 Å². The fraction of sp³-hybridized carbons (Fsp3) is 0.429. The Bertz CT molecular complexity index is 1300. The number of anilines is 1. The first-order valence-corrected chi connectivity index (χ1v) is 12.8. The zero-order valence-corrected chi connectivity index (χ0v) is 21.6. The van der Waals surface area contributed by atoms with Gasteiger partial charge in [-0.1, -0.05) is 48.5 Å². The number of rotatable bonds is 9. The first-order chi connectivity index (χ1) is 18.7. The lowest BCUT2D eigenvalue weighted by Crippen LogP contribution is -2.49. The molecule has 0 spiro atoms. The highest BCUT2D eigenvalue weighted by atomic mass is 19.4. The highest BCUT2D eigenvalue weighted by molar-refractivity contribution is 6.20. The average molecular weight is 565 g/mol. The first kappa shape index (κ1) is 29.2. The van der Waals surface area contributed by atoms with E-state index in [2.05, 4.69) is 15.6 Å². The number of hydrogen-bond acceptors (Lipinski definition) is 4. The predicted octanol–water partition coefficient (Wildman–Crippen LogP) is 4.72. The van der Waals surface area contributed by atoms with E-state index in [9.17, 15) is 36.3 Å². The molecule has 1 saturated carbocycles. The van der Waals surface area contributed by atoms with Crippen LogP contribution in [-0.2, 0) is 14.4 Å². The molecule has 0 bridgehead atoms. The smallest absolute Gasteiger partial charge is 0.369 e. The second-order valence-electron chi connectivity index (χ2n) is 10.4. The van der Waals surface area contributed by atoms with Gasteiger partial charge >= 0.3 is 6.18 Å². The second kappa shape index (κ2) is 11.3. The van der Waals surface area contributed by atoms with Crippen molar-refractivity contribution in [3.05, 3.63) is 65.2 Å². The molecule has 3 unspecified atom stereocenters. The number of hydrogen-bond donors (Lipinski definition) is 3. The van der Waals surface area contributed by atoms with Crippen LogP contribution in [0, 0.1) is 24.7 Å². The number of benzene rings is 2. The number of benzodiazepines with no additional fused rings is 1. The minimum Gasteiger partial charge on any atom is -0.369 e. The van der Waals surface area contributed by atoms with Crippen molar-refractivity contribution < 1.29 is 36.3 Å². The predicted molar refractivity (Wildman–Crippen MR) is 138 cm³/mol. The number of aryl methyl sites for hydroxylation is 1. The van der Waals surface area contributed by atoms with Gasteiger partial charge in [0.15, 0.2) is 0 Å². The summed E-state index contributed by atoms with van der Waals surface area (Å²) in [6.45, 7) is 1.77. The quantitative estimate of drug-likeness (QED) is 0.383. The SMILES string of the molecule is Cc1cccc2c1NC(=O)C(NC(=O)C(CCC(F)(F)F)C(CC1CC(F)(F)C1)C(N)=O)N=C2c1ccccc1. The Hall–Kier alpha value is -3.83. The van der Waals surface area contributed by atoms with E-state index in [1.165, 1.54) is 0 Å². The van der Waals surface area contributed by atoms with Crippen molar-refractivity contribution in [1.82, 2.24) is 5.32 Å².